The maximum Gasteiger partial charge on any atom is 0.172 e. The first-order valence-corrected chi connectivity index (χ1v) is 4.76. The largest absolute Gasteiger partial charge is 0.236 e. The van der Waals surface area contributed by atoms with Crippen molar-refractivity contribution in [2.45, 2.75) is 0 Å². The first-order valence-electron chi connectivity index (χ1n) is 3.59. The Kier molecular flexibility index (Phi) is 2.33. The second-order valence-electron chi connectivity index (χ2n) is 2.39. The molecule has 13 heavy (non-hydrogen) atoms. The predicted molar refractivity (Wildman–Crippen MR) is 54.1 cm³/mol. The molecule has 0 bridgehead atoms. The van der Waals surface area contributed by atoms with E-state index in [1.54, 1.807) is 29.2 Å². The zero-order valence-electron chi connectivity index (χ0n) is 6.48. The molecule has 0 spiro atoms. The van der Waals surface area contributed by atoms with Crippen LogP contribution < -0.4 is 0 Å². The molecule has 2 aromatic heterocycles. The van der Waals surface area contributed by atoms with Crippen molar-refractivity contribution < 1.29 is 0 Å². The predicted octanol–water partition coefficient (Wildman–Crippen LogP) is 2.68. The van der Waals surface area contributed by atoms with Crippen LogP contribution in [-0.4, -0.2) is 14.8 Å². The summed E-state index contributed by atoms with van der Waals surface area (Å²) in [7, 11) is 0. The van der Waals surface area contributed by atoms with E-state index in [1.165, 1.54) is 0 Å². The number of pyridine rings is 1. The molecule has 5 heteroatoms. The van der Waals surface area contributed by atoms with Gasteiger partial charge >= 0.3 is 0 Å². The van der Waals surface area contributed by atoms with Crippen molar-refractivity contribution in [2.24, 2.45) is 0 Å². The summed E-state index contributed by atoms with van der Waals surface area (Å²) in [5, 5.41) is 4.71. The summed E-state index contributed by atoms with van der Waals surface area (Å²) in [4.78, 5) is 4.11. The van der Waals surface area contributed by atoms with E-state index in [0.717, 1.165) is 4.60 Å². The van der Waals surface area contributed by atoms with Crippen LogP contribution in [0.25, 0.3) is 5.82 Å². The van der Waals surface area contributed by atoms with Crippen LogP contribution in [0.15, 0.2) is 35.2 Å². The highest BCUT2D eigenvalue weighted by Gasteiger charge is 2.03. The quantitative estimate of drug-likeness (QED) is 0.787. The topological polar surface area (TPSA) is 30.7 Å². The zero-order chi connectivity index (χ0) is 9.26. The zero-order valence-corrected chi connectivity index (χ0v) is 8.83. The van der Waals surface area contributed by atoms with Gasteiger partial charge < -0.3 is 0 Å². The molecule has 0 N–H and O–H groups in total. The maximum absolute atomic E-state index is 5.93. The maximum atomic E-state index is 5.93. The van der Waals surface area contributed by atoms with Crippen molar-refractivity contribution in [1.82, 2.24) is 14.8 Å². The lowest BCUT2D eigenvalue weighted by Gasteiger charge is -2.00. The van der Waals surface area contributed by atoms with Gasteiger partial charge in [0.15, 0.2) is 5.82 Å². The lowest BCUT2D eigenvalue weighted by atomic mass is 10.4. The summed E-state index contributed by atoms with van der Waals surface area (Å²) >= 11 is 9.18. The van der Waals surface area contributed by atoms with E-state index in [9.17, 15) is 0 Å². The average Bonchev–Trinajstić information content (AvgIpc) is 2.53. The number of hydrogen-bond donors (Lipinski definition) is 0. The van der Waals surface area contributed by atoms with Crippen LogP contribution in [-0.2, 0) is 0 Å². The Morgan fingerprint density at radius 2 is 2.23 bits per heavy atom. The van der Waals surface area contributed by atoms with Gasteiger partial charge in [0, 0.05) is 12.4 Å². The number of aromatic nitrogens is 3. The van der Waals surface area contributed by atoms with Crippen molar-refractivity contribution in [3.8, 4) is 5.82 Å². The van der Waals surface area contributed by atoms with Crippen molar-refractivity contribution in [1.29, 1.82) is 0 Å². The van der Waals surface area contributed by atoms with Crippen LogP contribution in [0.2, 0.25) is 5.02 Å². The van der Waals surface area contributed by atoms with E-state index >= 15 is 0 Å². The summed E-state index contributed by atoms with van der Waals surface area (Å²) in [5.74, 6) is 0.634. The first kappa shape index (κ1) is 8.72. The van der Waals surface area contributed by atoms with Gasteiger partial charge in [-0.1, -0.05) is 11.6 Å². The van der Waals surface area contributed by atoms with Gasteiger partial charge in [0.2, 0.25) is 0 Å². The lowest BCUT2D eigenvalue weighted by molar-refractivity contribution is 0.839. The fourth-order valence-corrected chi connectivity index (χ4v) is 1.46. The van der Waals surface area contributed by atoms with E-state index in [4.69, 9.17) is 11.6 Å². The molecule has 0 amide bonds. The van der Waals surface area contributed by atoms with Gasteiger partial charge in [0.25, 0.3) is 0 Å². The molecule has 0 radical (unpaired) electrons. The third kappa shape index (κ3) is 1.73. The highest BCUT2D eigenvalue weighted by Crippen LogP contribution is 2.17. The Bertz CT molecular complexity index is 427. The highest BCUT2D eigenvalue weighted by atomic mass is 79.9. The van der Waals surface area contributed by atoms with Gasteiger partial charge in [0.1, 0.15) is 4.60 Å². The molecule has 0 unspecified atom stereocenters. The summed E-state index contributed by atoms with van der Waals surface area (Å²) in [6.45, 7) is 0. The Balaban J connectivity index is 2.52. The third-order valence-corrected chi connectivity index (χ3v) is 2.23. The van der Waals surface area contributed by atoms with Crippen molar-refractivity contribution in [2.75, 3.05) is 0 Å². The van der Waals surface area contributed by atoms with Crippen LogP contribution >= 0.6 is 27.5 Å². The molecule has 2 heterocycles. The minimum atomic E-state index is 0.582. The molecule has 0 aliphatic carbocycles. The average molecular weight is 259 g/mol. The first-order chi connectivity index (χ1) is 6.27. The van der Waals surface area contributed by atoms with Crippen molar-refractivity contribution in [3.63, 3.8) is 0 Å². The Hall–Kier alpha value is -0.870. The van der Waals surface area contributed by atoms with E-state index in [-0.39, 0.29) is 0 Å². The third-order valence-electron chi connectivity index (χ3n) is 1.51. The number of rotatable bonds is 1. The van der Waals surface area contributed by atoms with Crippen LogP contribution in [0, 0.1) is 0 Å². The highest BCUT2D eigenvalue weighted by molar-refractivity contribution is 9.10. The van der Waals surface area contributed by atoms with Crippen LogP contribution in [0.4, 0.5) is 0 Å². The standard InChI is InChI=1S/C8H5BrClN3/c9-7-3-5-13(12-7)8-6(10)2-1-4-11-8/h1-5H. The van der Waals surface area contributed by atoms with Crippen LogP contribution in [0.5, 0.6) is 0 Å². The fraction of sp³-hybridized carbons (Fsp3) is 0. The van der Waals surface area contributed by atoms with Gasteiger partial charge in [-0.2, -0.15) is 5.10 Å². The summed E-state index contributed by atoms with van der Waals surface area (Å²) in [6.07, 6.45) is 3.47. The summed E-state index contributed by atoms with van der Waals surface area (Å²) in [6, 6.07) is 5.38. The van der Waals surface area contributed by atoms with Gasteiger partial charge in [-0.3, -0.25) is 0 Å². The molecule has 66 valence electrons. The normalized spacial score (nSPS) is 10.3. The molecular formula is C8H5BrClN3. The smallest absolute Gasteiger partial charge is 0.172 e. The minimum Gasteiger partial charge on any atom is -0.236 e. The van der Waals surface area contributed by atoms with Crippen molar-refractivity contribution >= 4 is 27.5 Å². The number of nitrogens with zero attached hydrogens (tertiary/aromatic N) is 3. The molecule has 0 aromatic carbocycles. The molecule has 0 atom stereocenters. The second-order valence-corrected chi connectivity index (χ2v) is 3.61. The molecule has 0 saturated heterocycles. The summed E-state index contributed by atoms with van der Waals surface area (Å²) < 4.78 is 2.38. The SMILES string of the molecule is Clc1cccnc1-n1ccc(Br)n1. The molecule has 0 aliphatic heterocycles. The van der Waals surface area contributed by atoms with E-state index in [1.807, 2.05) is 6.07 Å². The van der Waals surface area contributed by atoms with E-state index in [2.05, 4.69) is 26.0 Å². The molecule has 2 aromatic rings. The van der Waals surface area contributed by atoms with Gasteiger partial charge in [-0.05, 0) is 34.1 Å². The van der Waals surface area contributed by atoms with Crippen molar-refractivity contribution in [3.05, 3.63) is 40.2 Å². The van der Waals surface area contributed by atoms with E-state index < -0.39 is 0 Å². The molecule has 0 fully saturated rings. The molecule has 0 saturated carbocycles. The Morgan fingerprint density at radius 3 is 2.85 bits per heavy atom. The number of hydrogen-bond acceptors (Lipinski definition) is 2. The Labute approximate surface area is 88.5 Å². The molecule has 0 aliphatic rings. The van der Waals surface area contributed by atoms with E-state index in [0.29, 0.717) is 10.8 Å². The van der Waals surface area contributed by atoms with Gasteiger partial charge in [0.05, 0.1) is 5.02 Å². The van der Waals surface area contributed by atoms with Crippen LogP contribution in [0.1, 0.15) is 0 Å². The Morgan fingerprint density at radius 1 is 1.38 bits per heavy atom. The fourth-order valence-electron chi connectivity index (χ4n) is 0.966. The van der Waals surface area contributed by atoms with Gasteiger partial charge in [-0.25, -0.2) is 9.67 Å². The minimum absolute atomic E-state index is 0.582. The second kappa shape index (κ2) is 3.47. The number of halogens is 2. The van der Waals surface area contributed by atoms with Gasteiger partial charge in [-0.15, -0.1) is 0 Å². The molecular weight excluding hydrogens is 253 g/mol. The molecule has 2 rings (SSSR count). The molecule has 3 nitrogen and oxygen atoms in total. The lowest BCUT2D eigenvalue weighted by Crippen LogP contribution is -1.98. The summed E-state index contributed by atoms with van der Waals surface area (Å²) in [5.41, 5.74) is 0. The van der Waals surface area contributed by atoms with Crippen LogP contribution in [0.3, 0.4) is 0 Å². The monoisotopic (exact) mass is 257 g/mol.